The van der Waals surface area contributed by atoms with Gasteiger partial charge >= 0.3 is 0 Å². The largest absolute Gasteiger partial charge is 0.378 e. The van der Waals surface area contributed by atoms with Gasteiger partial charge in [0.05, 0.1) is 61.0 Å². The van der Waals surface area contributed by atoms with Gasteiger partial charge < -0.3 is 9.64 Å². The number of pyridine rings is 1. The van der Waals surface area contributed by atoms with E-state index in [9.17, 15) is 4.79 Å². The molecule has 0 radical (unpaired) electrons. The van der Waals surface area contributed by atoms with Gasteiger partial charge in [0.25, 0.3) is 5.91 Å². The van der Waals surface area contributed by atoms with E-state index in [1.165, 1.54) is 0 Å². The average molecular weight is 377 g/mol. The summed E-state index contributed by atoms with van der Waals surface area (Å²) in [5.41, 5.74) is 2.94. The second-order valence-corrected chi connectivity index (χ2v) is 6.82. The predicted octanol–water partition coefficient (Wildman–Crippen LogP) is 1.36. The number of aromatic nitrogens is 5. The highest BCUT2D eigenvalue weighted by atomic mass is 16.5. The van der Waals surface area contributed by atoms with Gasteiger partial charge in [-0.15, -0.1) is 0 Å². The van der Waals surface area contributed by atoms with Gasteiger partial charge in [0, 0.05) is 19.3 Å². The molecule has 3 aromatic rings. The molecule has 2 aliphatic rings. The topological polar surface area (TPSA) is 89.3 Å². The summed E-state index contributed by atoms with van der Waals surface area (Å²) >= 11 is 0. The van der Waals surface area contributed by atoms with Crippen LogP contribution in [0.3, 0.4) is 0 Å². The lowest BCUT2D eigenvalue weighted by molar-refractivity contribution is 0.0995. The second kappa shape index (κ2) is 6.68. The van der Waals surface area contributed by atoms with Gasteiger partial charge in [-0.2, -0.15) is 5.10 Å². The molecule has 0 unspecified atom stereocenters. The maximum absolute atomic E-state index is 12.8. The summed E-state index contributed by atoms with van der Waals surface area (Å²) in [6.45, 7) is 5.38. The number of hydrogen-bond donors (Lipinski definition) is 0. The lowest BCUT2D eigenvalue weighted by atomic mass is 10.3. The first-order chi connectivity index (χ1) is 13.7. The van der Waals surface area contributed by atoms with Gasteiger partial charge in [-0.25, -0.2) is 14.6 Å². The van der Waals surface area contributed by atoms with E-state index in [1.54, 1.807) is 34.4 Å². The number of anilines is 2. The van der Waals surface area contributed by atoms with Crippen molar-refractivity contribution in [2.45, 2.75) is 13.5 Å². The molecule has 142 valence electrons. The smallest absolute Gasteiger partial charge is 0.263 e. The van der Waals surface area contributed by atoms with Crippen LogP contribution in [0.25, 0.3) is 5.69 Å². The van der Waals surface area contributed by atoms with E-state index >= 15 is 0 Å². The number of carbonyl (C=O) groups is 1. The molecule has 9 nitrogen and oxygen atoms in total. The Kier molecular flexibility index (Phi) is 4.01. The quantitative estimate of drug-likeness (QED) is 0.681. The Hall–Kier alpha value is -3.33. The Bertz CT molecular complexity index is 1010. The fraction of sp³-hybridized carbons (Fsp3) is 0.316. The minimum Gasteiger partial charge on any atom is -0.378 e. The molecule has 5 rings (SSSR count). The molecule has 0 atom stereocenters. The standard InChI is InChI=1S/C19H19N7O2/c1-13-8-21-18(10-20-13)25-12-16-15(19(25)27)11-26(23-16)14-2-3-17(22-9-14)24-4-6-28-7-5-24/h2-3,8-11H,4-7,12H2,1H3. The zero-order valence-electron chi connectivity index (χ0n) is 15.4. The molecule has 3 aromatic heterocycles. The molecular weight excluding hydrogens is 358 g/mol. The summed E-state index contributed by atoms with van der Waals surface area (Å²) in [5, 5.41) is 4.58. The van der Waals surface area contributed by atoms with E-state index in [1.807, 2.05) is 19.1 Å². The third-order valence-electron chi connectivity index (χ3n) is 4.95. The van der Waals surface area contributed by atoms with Crippen LogP contribution in [0.1, 0.15) is 21.7 Å². The van der Waals surface area contributed by atoms with E-state index in [4.69, 9.17) is 4.74 Å². The molecule has 1 fully saturated rings. The van der Waals surface area contributed by atoms with Crippen LogP contribution in [-0.4, -0.2) is 56.9 Å². The van der Waals surface area contributed by atoms with Gasteiger partial charge in [0.1, 0.15) is 5.82 Å². The van der Waals surface area contributed by atoms with Crippen LogP contribution in [0.15, 0.2) is 36.9 Å². The molecular formula is C19H19N7O2. The Balaban J connectivity index is 1.36. The number of nitrogens with zero attached hydrogens (tertiary/aromatic N) is 7. The van der Waals surface area contributed by atoms with Crippen molar-refractivity contribution >= 4 is 17.5 Å². The Morgan fingerprint density at radius 3 is 2.50 bits per heavy atom. The molecule has 0 saturated carbocycles. The summed E-state index contributed by atoms with van der Waals surface area (Å²) in [4.78, 5) is 29.6. The van der Waals surface area contributed by atoms with Crippen molar-refractivity contribution in [2.75, 3.05) is 36.1 Å². The molecule has 28 heavy (non-hydrogen) atoms. The van der Waals surface area contributed by atoms with Crippen LogP contribution in [0, 0.1) is 6.92 Å². The third-order valence-corrected chi connectivity index (χ3v) is 4.95. The Morgan fingerprint density at radius 2 is 1.82 bits per heavy atom. The van der Waals surface area contributed by atoms with Crippen molar-refractivity contribution in [3.63, 3.8) is 0 Å². The van der Waals surface area contributed by atoms with Crippen molar-refractivity contribution in [1.29, 1.82) is 0 Å². The lowest BCUT2D eigenvalue weighted by Crippen LogP contribution is -2.36. The van der Waals surface area contributed by atoms with Gasteiger partial charge in [-0.05, 0) is 19.1 Å². The van der Waals surface area contributed by atoms with Crippen LogP contribution in [0.2, 0.25) is 0 Å². The van der Waals surface area contributed by atoms with Gasteiger partial charge in [-0.1, -0.05) is 0 Å². The highest BCUT2D eigenvalue weighted by Gasteiger charge is 2.32. The number of morpholine rings is 1. The second-order valence-electron chi connectivity index (χ2n) is 6.82. The molecule has 0 aromatic carbocycles. The lowest BCUT2D eigenvalue weighted by Gasteiger charge is -2.27. The molecule has 0 aliphatic carbocycles. The molecule has 2 aliphatic heterocycles. The number of amides is 1. The zero-order valence-corrected chi connectivity index (χ0v) is 15.4. The third kappa shape index (κ3) is 2.89. The van der Waals surface area contributed by atoms with Gasteiger partial charge in [0.15, 0.2) is 5.82 Å². The predicted molar refractivity (Wildman–Crippen MR) is 102 cm³/mol. The van der Waals surface area contributed by atoms with Crippen LogP contribution in [0.4, 0.5) is 11.6 Å². The van der Waals surface area contributed by atoms with E-state index in [0.717, 1.165) is 49.2 Å². The summed E-state index contributed by atoms with van der Waals surface area (Å²) in [6.07, 6.45) is 6.80. The highest BCUT2D eigenvalue weighted by Crippen LogP contribution is 2.27. The minimum absolute atomic E-state index is 0.114. The van der Waals surface area contributed by atoms with Crippen LogP contribution < -0.4 is 9.80 Å². The maximum atomic E-state index is 12.8. The van der Waals surface area contributed by atoms with Crippen molar-refractivity contribution in [3.05, 3.63) is 53.9 Å². The van der Waals surface area contributed by atoms with E-state index < -0.39 is 0 Å². The molecule has 1 amide bonds. The normalized spacial score (nSPS) is 16.5. The molecule has 0 spiro atoms. The number of hydrogen-bond acceptors (Lipinski definition) is 7. The Labute approximate surface area is 161 Å². The first-order valence-electron chi connectivity index (χ1n) is 9.17. The maximum Gasteiger partial charge on any atom is 0.263 e. The van der Waals surface area contributed by atoms with E-state index in [2.05, 4.69) is 25.0 Å². The van der Waals surface area contributed by atoms with Crippen molar-refractivity contribution in [3.8, 4) is 5.69 Å². The summed E-state index contributed by atoms with van der Waals surface area (Å²) in [6, 6.07) is 3.94. The van der Waals surface area contributed by atoms with Crippen LogP contribution >= 0.6 is 0 Å². The number of ether oxygens (including phenoxy) is 1. The van der Waals surface area contributed by atoms with Crippen LogP contribution in [-0.2, 0) is 11.3 Å². The number of carbonyl (C=O) groups excluding carboxylic acids is 1. The van der Waals surface area contributed by atoms with E-state index in [-0.39, 0.29) is 5.91 Å². The number of fused-ring (bicyclic) bond motifs is 1. The van der Waals surface area contributed by atoms with Crippen molar-refractivity contribution in [1.82, 2.24) is 24.7 Å². The highest BCUT2D eigenvalue weighted by molar-refractivity contribution is 6.09. The molecule has 0 bridgehead atoms. The van der Waals surface area contributed by atoms with Crippen LogP contribution in [0.5, 0.6) is 0 Å². The van der Waals surface area contributed by atoms with Crippen molar-refractivity contribution < 1.29 is 9.53 Å². The van der Waals surface area contributed by atoms with Gasteiger partial charge in [0.2, 0.25) is 0 Å². The first-order valence-corrected chi connectivity index (χ1v) is 9.17. The fourth-order valence-electron chi connectivity index (χ4n) is 3.41. The Morgan fingerprint density at radius 1 is 1.00 bits per heavy atom. The molecule has 9 heteroatoms. The van der Waals surface area contributed by atoms with Crippen molar-refractivity contribution in [2.24, 2.45) is 0 Å². The fourth-order valence-corrected chi connectivity index (χ4v) is 3.41. The monoisotopic (exact) mass is 377 g/mol. The summed E-state index contributed by atoms with van der Waals surface area (Å²) < 4.78 is 7.08. The van der Waals surface area contributed by atoms with E-state index in [0.29, 0.717) is 17.9 Å². The molecule has 1 saturated heterocycles. The number of aryl methyl sites for hydroxylation is 1. The average Bonchev–Trinajstić information content (AvgIpc) is 3.29. The summed E-state index contributed by atoms with van der Waals surface area (Å²) in [7, 11) is 0. The minimum atomic E-state index is -0.114. The zero-order chi connectivity index (χ0) is 19.1. The first kappa shape index (κ1) is 16.8. The molecule has 0 N–H and O–H groups in total. The number of rotatable bonds is 3. The SMILES string of the molecule is Cc1cnc(N2Cc3nn(-c4ccc(N5CCOCC5)nc4)cc3C2=O)cn1. The summed E-state index contributed by atoms with van der Waals surface area (Å²) in [5.74, 6) is 1.35. The van der Waals surface area contributed by atoms with Gasteiger partial charge in [-0.3, -0.25) is 14.7 Å². The molecule has 5 heterocycles.